The third kappa shape index (κ3) is 5.82. The quantitative estimate of drug-likeness (QED) is 0.716. The zero-order valence-corrected chi connectivity index (χ0v) is 11.4. The van der Waals surface area contributed by atoms with Gasteiger partial charge in [-0.3, -0.25) is 0 Å². The average molecular weight is 248 g/mol. The van der Waals surface area contributed by atoms with Crippen LogP contribution in [0.25, 0.3) is 0 Å². The maximum Gasteiger partial charge on any atom is 0.208 e. The Labute approximate surface area is 99.2 Å². The SMILES string of the molecule is CC1(C)CCC(NCCNS(C)(=O)=O)CC1. The predicted octanol–water partition coefficient (Wildman–Crippen LogP) is 1.09. The van der Waals surface area contributed by atoms with Crippen molar-refractivity contribution in [3.05, 3.63) is 0 Å². The second-order valence-corrected chi connectivity index (χ2v) is 7.39. The summed E-state index contributed by atoms with van der Waals surface area (Å²) in [4.78, 5) is 0. The Morgan fingerprint density at radius 1 is 1.19 bits per heavy atom. The molecule has 2 N–H and O–H groups in total. The molecule has 1 aliphatic carbocycles. The molecular weight excluding hydrogens is 224 g/mol. The van der Waals surface area contributed by atoms with E-state index in [9.17, 15) is 8.42 Å². The smallest absolute Gasteiger partial charge is 0.208 e. The molecule has 1 rings (SSSR count). The molecule has 0 bridgehead atoms. The molecule has 0 unspecified atom stereocenters. The first-order valence-corrected chi connectivity index (χ1v) is 7.86. The summed E-state index contributed by atoms with van der Waals surface area (Å²) in [7, 11) is -3.04. The highest BCUT2D eigenvalue weighted by Gasteiger charge is 2.26. The van der Waals surface area contributed by atoms with E-state index in [0.717, 1.165) is 6.54 Å². The van der Waals surface area contributed by atoms with Crippen LogP contribution >= 0.6 is 0 Å². The van der Waals surface area contributed by atoms with Gasteiger partial charge >= 0.3 is 0 Å². The lowest BCUT2D eigenvalue weighted by atomic mass is 9.75. The molecule has 0 saturated heterocycles. The largest absolute Gasteiger partial charge is 0.313 e. The Kier molecular flexibility index (Phi) is 4.76. The van der Waals surface area contributed by atoms with Gasteiger partial charge in [-0.2, -0.15) is 0 Å². The van der Waals surface area contributed by atoms with E-state index in [1.54, 1.807) is 0 Å². The van der Waals surface area contributed by atoms with Crippen molar-refractivity contribution in [3.63, 3.8) is 0 Å². The van der Waals surface area contributed by atoms with Crippen LogP contribution in [0.1, 0.15) is 39.5 Å². The van der Waals surface area contributed by atoms with E-state index >= 15 is 0 Å². The highest BCUT2D eigenvalue weighted by atomic mass is 32.2. The molecule has 0 aliphatic heterocycles. The van der Waals surface area contributed by atoms with E-state index in [2.05, 4.69) is 23.9 Å². The summed E-state index contributed by atoms with van der Waals surface area (Å²) in [6.07, 6.45) is 6.10. The maximum absolute atomic E-state index is 10.8. The zero-order valence-electron chi connectivity index (χ0n) is 10.5. The normalized spacial score (nSPS) is 22.2. The van der Waals surface area contributed by atoms with Crippen molar-refractivity contribution in [2.24, 2.45) is 5.41 Å². The Balaban J connectivity index is 2.11. The first-order chi connectivity index (χ1) is 7.29. The molecule has 5 heteroatoms. The first-order valence-electron chi connectivity index (χ1n) is 5.97. The van der Waals surface area contributed by atoms with Gasteiger partial charge in [0.2, 0.25) is 10.0 Å². The van der Waals surface area contributed by atoms with Crippen LogP contribution in [0.4, 0.5) is 0 Å². The zero-order chi connectivity index (χ0) is 12.2. The molecule has 1 fully saturated rings. The van der Waals surface area contributed by atoms with Crippen molar-refractivity contribution in [2.75, 3.05) is 19.3 Å². The molecule has 1 aliphatic rings. The van der Waals surface area contributed by atoms with Gasteiger partial charge in [0.1, 0.15) is 0 Å². The van der Waals surface area contributed by atoms with E-state index in [-0.39, 0.29) is 0 Å². The Morgan fingerprint density at radius 2 is 1.75 bits per heavy atom. The van der Waals surface area contributed by atoms with Crippen molar-refractivity contribution >= 4 is 10.0 Å². The number of hydrogen-bond donors (Lipinski definition) is 2. The maximum atomic E-state index is 10.8. The molecular formula is C11H24N2O2S. The number of hydrogen-bond acceptors (Lipinski definition) is 3. The fourth-order valence-electron chi connectivity index (χ4n) is 2.12. The summed E-state index contributed by atoms with van der Waals surface area (Å²) in [6.45, 7) is 5.83. The summed E-state index contributed by atoms with van der Waals surface area (Å²) in [5.74, 6) is 0. The summed E-state index contributed by atoms with van der Waals surface area (Å²) in [5.41, 5.74) is 0.489. The second kappa shape index (κ2) is 5.47. The lowest BCUT2D eigenvalue weighted by molar-refractivity contribution is 0.207. The van der Waals surface area contributed by atoms with Crippen molar-refractivity contribution in [3.8, 4) is 0 Å². The molecule has 0 heterocycles. The molecule has 0 amide bonds. The van der Waals surface area contributed by atoms with E-state index in [1.165, 1.54) is 31.9 Å². The van der Waals surface area contributed by atoms with Crippen LogP contribution < -0.4 is 10.0 Å². The van der Waals surface area contributed by atoms with Crippen LogP contribution in [0.15, 0.2) is 0 Å². The van der Waals surface area contributed by atoms with E-state index in [0.29, 0.717) is 18.0 Å². The topological polar surface area (TPSA) is 58.2 Å². The minimum Gasteiger partial charge on any atom is -0.313 e. The van der Waals surface area contributed by atoms with Gasteiger partial charge in [0.05, 0.1) is 6.26 Å². The third-order valence-corrected chi connectivity index (χ3v) is 3.99. The van der Waals surface area contributed by atoms with Crippen molar-refractivity contribution in [1.82, 2.24) is 10.0 Å². The second-order valence-electron chi connectivity index (χ2n) is 5.56. The summed E-state index contributed by atoms with van der Waals surface area (Å²) in [6, 6.07) is 0.564. The molecule has 0 radical (unpaired) electrons. The molecule has 4 nitrogen and oxygen atoms in total. The van der Waals surface area contributed by atoms with Crippen molar-refractivity contribution in [2.45, 2.75) is 45.6 Å². The van der Waals surface area contributed by atoms with Gasteiger partial charge in [0.15, 0.2) is 0 Å². The Morgan fingerprint density at radius 3 is 2.25 bits per heavy atom. The molecule has 0 aromatic carbocycles. The highest BCUT2D eigenvalue weighted by Crippen LogP contribution is 2.34. The van der Waals surface area contributed by atoms with Crippen LogP contribution in [0.3, 0.4) is 0 Å². The summed E-state index contributed by atoms with van der Waals surface area (Å²) >= 11 is 0. The van der Waals surface area contributed by atoms with Crippen LogP contribution in [-0.2, 0) is 10.0 Å². The number of rotatable bonds is 5. The van der Waals surface area contributed by atoms with Gasteiger partial charge in [-0.15, -0.1) is 0 Å². The van der Waals surface area contributed by atoms with E-state index in [4.69, 9.17) is 0 Å². The lowest BCUT2D eigenvalue weighted by Gasteiger charge is -2.34. The van der Waals surface area contributed by atoms with Gasteiger partial charge in [0.25, 0.3) is 0 Å². The molecule has 16 heavy (non-hydrogen) atoms. The van der Waals surface area contributed by atoms with E-state index < -0.39 is 10.0 Å². The molecule has 0 aromatic heterocycles. The third-order valence-electron chi connectivity index (χ3n) is 3.26. The monoisotopic (exact) mass is 248 g/mol. The molecule has 0 aromatic rings. The van der Waals surface area contributed by atoms with Gasteiger partial charge in [-0.25, -0.2) is 13.1 Å². The van der Waals surface area contributed by atoms with Crippen molar-refractivity contribution < 1.29 is 8.42 Å². The summed E-state index contributed by atoms with van der Waals surface area (Å²) < 4.78 is 24.1. The molecule has 96 valence electrons. The van der Waals surface area contributed by atoms with Crippen LogP contribution in [0.5, 0.6) is 0 Å². The number of nitrogens with one attached hydrogen (secondary N) is 2. The molecule has 0 spiro atoms. The van der Waals surface area contributed by atoms with Crippen LogP contribution in [0, 0.1) is 5.41 Å². The van der Waals surface area contributed by atoms with Crippen molar-refractivity contribution in [1.29, 1.82) is 0 Å². The molecule has 0 atom stereocenters. The molecule has 1 saturated carbocycles. The van der Waals surface area contributed by atoms with Gasteiger partial charge in [-0.1, -0.05) is 13.8 Å². The van der Waals surface area contributed by atoms with Crippen LogP contribution in [-0.4, -0.2) is 33.8 Å². The minimum absolute atomic E-state index is 0.485. The fourth-order valence-corrected chi connectivity index (χ4v) is 2.59. The Bertz CT molecular complexity index is 302. The Hall–Kier alpha value is -0.130. The number of sulfonamides is 1. The average Bonchev–Trinajstić information content (AvgIpc) is 2.13. The minimum atomic E-state index is -3.04. The fraction of sp³-hybridized carbons (Fsp3) is 1.00. The van der Waals surface area contributed by atoms with Crippen LogP contribution in [0.2, 0.25) is 0 Å². The van der Waals surface area contributed by atoms with E-state index in [1.807, 2.05) is 0 Å². The standard InChI is InChI=1S/C11H24N2O2S/c1-11(2)6-4-10(5-7-11)12-8-9-13-16(3,14)15/h10,12-13H,4-9H2,1-3H3. The summed E-state index contributed by atoms with van der Waals surface area (Å²) in [5, 5.41) is 3.40. The van der Waals surface area contributed by atoms with Gasteiger partial charge < -0.3 is 5.32 Å². The van der Waals surface area contributed by atoms with Gasteiger partial charge in [0, 0.05) is 19.1 Å². The predicted molar refractivity (Wildman–Crippen MR) is 66.9 cm³/mol. The highest BCUT2D eigenvalue weighted by molar-refractivity contribution is 7.88. The first kappa shape index (κ1) is 13.9. The lowest BCUT2D eigenvalue weighted by Crippen LogP contribution is -2.39. The van der Waals surface area contributed by atoms with Gasteiger partial charge in [-0.05, 0) is 31.1 Å².